The summed E-state index contributed by atoms with van der Waals surface area (Å²) in [5.41, 5.74) is 6.71. The van der Waals surface area contributed by atoms with Crippen molar-refractivity contribution in [3.8, 4) is 0 Å². The highest BCUT2D eigenvalue weighted by Gasteiger charge is 2.28. The summed E-state index contributed by atoms with van der Waals surface area (Å²) in [5.74, 6) is 0.332. The third kappa shape index (κ3) is 2.28. The lowest BCUT2D eigenvalue weighted by Crippen LogP contribution is -2.49. The molecule has 1 fully saturated rings. The Morgan fingerprint density at radius 3 is 3.05 bits per heavy atom. The molecule has 2 atom stereocenters. The summed E-state index contributed by atoms with van der Waals surface area (Å²) in [6, 6.07) is 3.36. The van der Waals surface area contributed by atoms with E-state index in [2.05, 4.69) is 15.0 Å². The largest absolute Gasteiger partial charge is 0.335 e. The molecule has 2 unspecified atom stereocenters. The van der Waals surface area contributed by atoms with Gasteiger partial charge in [0.2, 0.25) is 5.95 Å². The van der Waals surface area contributed by atoms with Gasteiger partial charge >= 0.3 is 0 Å². The Hall–Kier alpha value is -1.69. The van der Waals surface area contributed by atoms with Crippen molar-refractivity contribution < 1.29 is 4.39 Å². The van der Waals surface area contributed by atoms with Crippen molar-refractivity contribution in [2.24, 2.45) is 5.73 Å². The van der Waals surface area contributed by atoms with Gasteiger partial charge in [-0.05, 0) is 38.3 Å². The van der Waals surface area contributed by atoms with Crippen molar-refractivity contribution in [1.82, 2.24) is 14.6 Å². The van der Waals surface area contributed by atoms with Crippen molar-refractivity contribution in [2.75, 3.05) is 11.4 Å². The summed E-state index contributed by atoms with van der Waals surface area (Å²) in [6.07, 6.45) is 4.70. The Labute approximate surface area is 111 Å². The normalized spacial score (nSPS) is 21.8. The van der Waals surface area contributed by atoms with Crippen molar-refractivity contribution >= 4 is 11.6 Å². The molecule has 3 rings (SSSR count). The van der Waals surface area contributed by atoms with Crippen LogP contribution in [0.1, 0.15) is 26.2 Å². The van der Waals surface area contributed by atoms with Crippen LogP contribution >= 0.6 is 0 Å². The number of pyridine rings is 1. The summed E-state index contributed by atoms with van der Waals surface area (Å²) in [6.45, 7) is 2.92. The van der Waals surface area contributed by atoms with Crippen LogP contribution in [0.2, 0.25) is 0 Å². The first-order chi connectivity index (χ1) is 9.15. The molecule has 1 aliphatic heterocycles. The third-order valence-electron chi connectivity index (χ3n) is 3.70. The van der Waals surface area contributed by atoms with Gasteiger partial charge in [-0.15, -0.1) is 5.10 Å². The quantitative estimate of drug-likeness (QED) is 0.893. The number of anilines is 1. The highest BCUT2D eigenvalue weighted by atomic mass is 19.1. The van der Waals surface area contributed by atoms with Crippen LogP contribution < -0.4 is 10.6 Å². The van der Waals surface area contributed by atoms with Gasteiger partial charge in [-0.1, -0.05) is 0 Å². The van der Waals surface area contributed by atoms with Crippen molar-refractivity contribution in [3.05, 3.63) is 24.1 Å². The van der Waals surface area contributed by atoms with Gasteiger partial charge in [0.15, 0.2) is 5.65 Å². The van der Waals surface area contributed by atoms with Crippen molar-refractivity contribution in [3.63, 3.8) is 0 Å². The molecule has 102 valence electrons. The molecule has 0 bridgehead atoms. The van der Waals surface area contributed by atoms with E-state index in [4.69, 9.17) is 5.73 Å². The molecule has 2 aromatic rings. The minimum Gasteiger partial charge on any atom is -0.335 e. The Morgan fingerprint density at radius 2 is 2.26 bits per heavy atom. The van der Waals surface area contributed by atoms with Gasteiger partial charge in [0, 0.05) is 18.6 Å². The fourth-order valence-electron chi connectivity index (χ4n) is 2.72. The SMILES string of the molecule is CC(N)C1CCCCN1c1nc2ccc(F)cn2n1. The van der Waals surface area contributed by atoms with Crippen molar-refractivity contribution in [1.29, 1.82) is 0 Å². The summed E-state index contributed by atoms with van der Waals surface area (Å²) in [5, 5.41) is 4.37. The lowest BCUT2D eigenvalue weighted by Gasteiger charge is -2.37. The van der Waals surface area contributed by atoms with E-state index in [1.54, 1.807) is 6.07 Å². The molecule has 0 spiro atoms. The molecule has 1 aliphatic rings. The third-order valence-corrected chi connectivity index (χ3v) is 3.70. The summed E-state index contributed by atoms with van der Waals surface area (Å²) in [4.78, 5) is 6.62. The van der Waals surface area contributed by atoms with E-state index in [1.165, 1.54) is 23.2 Å². The molecule has 2 aromatic heterocycles. The van der Waals surface area contributed by atoms with Crippen LogP contribution in [0.4, 0.5) is 10.3 Å². The van der Waals surface area contributed by atoms with Gasteiger partial charge in [0.1, 0.15) is 5.82 Å². The number of hydrogen-bond acceptors (Lipinski definition) is 4. The Morgan fingerprint density at radius 1 is 1.42 bits per heavy atom. The number of halogens is 1. The molecular formula is C13H18FN5. The lowest BCUT2D eigenvalue weighted by atomic mass is 9.97. The van der Waals surface area contributed by atoms with E-state index in [9.17, 15) is 4.39 Å². The van der Waals surface area contributed by atoms with Gasteiger partial charge in [-0.25, -0.2) is 8.91 Å². The van der Waals surface area contributed by atoms with Crippen molar-refractivity contribution in [2.45, 2.75) is 38.3 Å². The minimum atomic E-state index is -0.314. The van der Waals surface area contributed by atoms with Crippen LogP contribution in [0.15, 0.2) is 18.3 Å². The molecule has 0 aliphatic carbocycles. The molecule has 3 heterocycles. The number of nitrogens with zero attached hydrogens (tertiary/aromatic N) is 4. The zero-order valence-electron chi connectivity index (χ0n) is 11.0. The first kappa shape index (κ1) is 12.3. The van der Waals surface area contributed by atoms with Gasteiger partial charge in [0.05, 0.1) is 6.20 Å². The maximum absolute atomic E-state index is 13.2. The van der Waals surface area contributed by atoms with E-state index in [1.807, 2.05) is 6.92 Å². The second-order valence-corrected chi connectivity index (χ2v) is 5.18. The van der Waals surface area contributed by atoms with Crippen LogP contribution in [0.25, 0.3) is 5.65 Å². The van der Waals surface area contributed by atoms with E-state index in [0.29, 0.717) is 11.6 Å². The number of aromatic nitrogens is 3. The fraction of sp³-hybridized carbons (Fsp3) is 0.538. The molecular weight excluding hydrogens is 245 g/mol. The molecule has 0 aromatic carbocycles. The van der Waals surface area contributed by atoms with Gasteiger partial charge < -0.3 is 10.6 Å². The molecule has 1 saturated heterocycles. The highest BCUT2D eigenvalue weighted by Crippen LogP contribution is 2.24. The Bertz CT molecular complexity index is 579. The number of rotatable bonds is 2. The van der Waals surface area contributed by atoms with E-state index >= 15 is 0 Å². The summed E-state index contributed by atoms with van der Waals surface area (Å²) < 4.78 is 14.7. The molecule has 6 heteroatoms. The maximum atomic E-state index is 13.2. The first-order valence-electron chi connectivity index (χ1n) is 6.69. The molecule has 0 radical (unpaired) electrons. The molecule has 0 amide bonds. The smallest absolute Gasteiger partial charge is 0.245 e. The highest BCUT2D eigenvalue weighted by molar-refractivity contribution is 5.45. The van der Waals surface area contributed by atoms with Crippen LogP contribution in [0.3, 0.4) is 0 Å². The molecule has 5 nitrogen and oxygen atoms in total. The number of fused-ring (bicyclic) bond motifs is 1. The Balaban J connectivity index is 1.97. The minimum absolute atomic E-state index is 0.0728. The summed E-state index contributed by atoms with van der Waals surface area (Å²) in [7, 11) is 0. The zero-order valence-corrected chi connectivity index (χ0v) is 11.0. The van der Waals surface area contributed by atoms with Crippen LogP contribution in [-0.4, -0.2) is 33.2 Å². The average molecular weight is 263 g/mol. The standard InChI is InChI=1S/C13H18FN5/c1-9(15)11-4-2-3-7-18(11)13-16-12-6-5-10(14)8-19(12)17-13/h5-6,8-9,11H,2-4,7,15H2,1H3. The second kappa shape index (κ2) is 4.77. The first-order valence-corrected chi connectivity index (χ1v) is 6.69. The fourth-order valence-corrected chi connectivity index (χ4v) is 2.72. The van der Waals surface area contributed by atoms with Crippen LogP contribution in [0.5, 0.6) is 0 Å². The predicted molar refractivity (Wildman–Crippen MR) is 71.6 cm³/mol. The lowest BCUT2D eigenvalue weighted by molar-refractivity contribution is 0.408. The number of nitrogens with two attached hydrogens (primary N) is 1. The van der Waals surface area contributed by atoms with Gasteiger partial charge in [-0.3, -0.25) is 0 Å². The molecule has 19 heavy (non-hydrogen) atoms. The van der Waals surface area contributed by atoms with E-state index in [-0.39, 0.29) is 17.9 Å². The van der Waals surface area contributed by atoms with Crippen LogP contribution in [0, 0.1) is 5.82 Å². The number of hydrogen-bond donors (Lipinski definition) is 1. The predicted octanol–water partition coefficient (Wildman–Crippen LogP) is 1.57. The molecule has 0 saturated carbocycles. The van der Waals surface area contributed by atoms with Crippen LogP contribution in [-0.2, 0) is 0 Å². The van der Waals surface area contributed by atoms with E-state index < -0.39 is 0 Å². The summed E-state index contributed by atoms with van der Waals surface area (Å²) >= 11 is 0. The molecule has 2 N–H and O–H groups in total. The second-order valence-electron chi connectivity index (χ2n) is 5.18. The maximum Gasteiger partial charge on any atom is 0.245 e. The Kier molecular flexibility index (Phi) is 3.10. The topological polar surface area (TPSA) is 59.5 Å². The average Bonchev–Trinajstić information content (AvgIpc) is 2.81. The van der Waals surface area contributed by atoms with E-state index in [0.717, 1.165) is 19.4 Å². The monoisotopic (exact) mass is 263 g/mol. The van der Waals surface area contributed by atoms with Gasteiger partial charge in [-0.2, -0.15) is 4.98 Å². The zero-order chi connectivity index (χ0) is 13.4. The van der Waals surface area contributed by atoms with Gasteiger partial charge in [0.25, 0.3) is 0 Å². The number of piperidine rings is 1.